The first kappa shape index (κ1) is 9.63. The van der Waals surface area contributed by atoms with Crippen LogP contribution < -0.4 is 10.6 Å². The minimum atomic E-state index is 0.0197. The van der Waals surface area contributed by atoms with Gasteiger partial charge in [-0.3, -0.25) is 4.79 Å². The van der Waals surface area contributed by atoms with Crippen molar-refractivity contribution in [1.82, 2.24) is 10.6 Å². The van der Waals surface area contributed by atoms with E-state index in [1.165, 1.54) is 11.3 Å². The predicted molar refractivity (Wildman–Crippen MR) is 60.4 cm³/mol. The topological polar surface area (TPSA) is 41.1 Å². The van der Waals surface area contributed by atoms with E-state index in [0.29, 0.717) is 27.1 Å². The molecule has 2 atom stereocenters. The summed E-state index contributed by atoms with van der Waals surface area (Å²) >= 11 is 7.11. The normalized spacial score (nSPS) is 32.5. The Morgan fingerprint density at radius 2 is 2.20 bits per heavy atom. The van der Waals surface area contributed by atoms with Gasteiger partial charge >= 0.3 is 0 Å². The summed E-state index contributed by atoms with van der Waals surface area (Å²) in [6.45, 7) is 2.08. The van der Waals surface area contributed by atoms with E-state index in [2.05, 4.69) is 10.6 Å². The number of hydrogen-bond acceptors (Lipinski definition) is 3. The van der Waals surface area contributed by atoms with Crippen molar-refractivity contribution in [3.63, 3.8) is 0 Å². The highest BCUT2D eigenvalue weighted by atomic mass is 35.5. The van der Waals surface area contributed by atoms with E-state index in [4.69, 9.17) is 11.6 Å². The van der Waals surface area contributed by atoms with Crippen LogP contribution in [0.4, 0.5) is 0 Å². The first-order valence-corrected chi connectivity index (χ1v) is 6.22. The molecule has 1 aliphatic carbocycles. The molecule has 0 bridgehead atoms. The molecule has 5 heteroatoms. The summed E-state index contributed by atoms with van der Waals surface area (Å²) in [4.78, 5) is 12.5. The van der Waals surface area contributed by atoms with Gasteiger partial charge < -0.3 is 10.6 Å². The molecule has 0 radical (unpaired) electrons. The number of hydrogen-bond donors (Lipinski definition) is 2. The Kier molecular flexibility index (Phi) is 2.23. The van der Waals surface area contributed by atoms with Crippen molar-refractivity contribution >= 4 is 28.8 Å². The quantitative estimate of drug-likeness (QED) is 0.822. The van der Waals surface area contributed by atoms with Gasteiger partial charge in [-0.1, -0.05) is 11.6 Å². The number of nitrogens with one attached hydrogen (secondary N) is 2. The lowest BCUT2D eigenvalue weighted by atomic mass is 10.4. The average Bonchev–Trinajstić information content (AvgIpc) is 2.66. The molecule has 1 aromatic rings. The Bertz CT molecular complexity index is 396. The summed E-state index contributed by atoms with van der Waals surface area (Å²) in [5.41, 5.74) is 0. The smallest absolute Gasteiger partial charge is 0.261 e. The number of carbonyl (C=O) groups is 1. The van der Waals surface area contributed by atoms with Gasteiger partial charge in [0.05, 0.1) is 9.21 Å². The molecule has 1 saturated carbocycles. The molecule has 2 aliphatic rings. The Labute approximate surface area is 96.8 Å². The number of piperidine rings is 1. The Hall–Kier alpha value is -0.580. The molecule has 3 rings (SSSR count). The van der Waals surface area contributed by atoms with Crippen LogP contribution in [0.5, 0.6) is 0 Å². The van der Waals surface area contributed by atoms with Gasteiger partial charge in [0.15, 0.2) is 0 Å². The molecule has 2 unspecified atom stereocenters. The Balaban J connectivity index is 1.62. The van der Waals surface area contributed by atoms with Crippen LogP contribution >= 0.6 is 22.9 Å². The van der Waals surface area contributed by atoms with E-state index >= 15 is 0 Å². The van der Waals surface area contributed by atoms with Crippen LogP contribution in [0.15, 0.2) is 12.1 Å². The maximum absolute atomic E-state index is 11.8. The first-order chi connectivity index (χ1) is 7.25. The highest BCUT2D eigenvalue weighted by Gasteiger charge is 2.53. The molecule has 2 fully saturated rings. The summed E-state index contributed by atoms with van der Waals surface area (Å²) in [6, 6.07) is 3.93. The Morgan fingerprint density at radius 1 is 1.47 bits per heavy atom. The molecule has 1 amide bonds. The zero-order chi connectivity index (χ0) is 10.4. The molecular weight excluding hydrogens is 232 g/mol. The fraction of sp³-hybridized carbons (Fsp3) is 0.500. The van der Waals surface area contributed by atoms with Crippen LogP contribution in [0.3, 0.4) is 0 Å². The highest BCUT2D eigenvalue weighted by molar-refractivity contribution is 7.17. The number of amides is 1. The van der Waals surface area contributed by atoms with Crippen molar-refractivity contribution in [2.75, 3.05) is 13.1 Å². The van der Waals surface area contributed by atoms with Gasteiger partial charge in [-0.15, -0.1) is 11.3 Å². The van der Waals surface area contributed by atoms with E-state index in [0.717, 1.165) is 13.1 Å². The van der Waals surface area contributed by atoms with Crippen LogP contribution in [-0.2, 0) is 0 Å². The third kappa shape index (κ3) is 1.67. The predicted octanol–water partition coefficient (Wildman–Crippen LogP) is 1.35. The molecule has 80 valence electrons. The first-order valence-electron chi connectivity index (χ1n) is 5.02. The van der Waals surface area contributed by atoms with Gasteiger partial charge in [0.2, 0.25) is 0 Å². The number of halogens is 1. The van der Waals surface area contributed by atoms with Gasteiger partial charge in [-0.05, 0) is 24.0 Å². The van der Waals surface area contributed by atoms with Crippen LogP contribution in [0.25, 0.3) is 0 Å². The molecule has 2 N–H and O–H groups in total. The van der Waals surface area contributed by atoms with Gasteiger partial charge in [0, 0.05) is 19.1 Å². The molecule has 15 heavy (non-hydrogen) atoms. The second-order valence-electron chi connectivity index (χ2n) is 4.09. The van der Waals surface area contributed by atoms with Gasteiger partial charge in [0.25, 0.3) is 5.91 Å². The maximum Gasteiger partial charge on any atom is 0.261 e. The minimum Gasteiger partial charge on any atom is -0.348 e. The molecular formula is C10H11ClN2OS. The summed E-state index contributed by atoms with van der Waals surface area (Å²) in [5, 5.41) is 6.36. The molecule has 0 spiro atoms. The van der Waals surface area contributed by atoms with E-state index in [-0.39, 0.29) is 5.91 Å². The maximum atomic E-state index is 11.8. The van der Waals surface area contributed by atoms with Crippen molar-refractivity contribution in [3.8, 4) is 0 Å². The molecule has 1 aromatic heterocycles. The number of carbonyl (C=O) groups excluding carboxylic acids is 1. The average molecular weight is 243 g/mol. The van der Waals surface area contributed by atoms with Crippen molar-refractivity contribution < 1.29 is 4.79 Å². The van der Waals surface area contributed by atoms with E-state index in [1.54, 1.807) is 12.1 Å². The lowest BCUT2D eigenvalue weighted by Gasteiger charge is -2.05. The van der Waals surface area contributed by atoms with Crippen LogP contribution in [-0.4, -0.2) is 25.0 Å². The van der Waals surface area contributed by atoms with Gasteiger partial charge in [0.1, 0.15) is 0 Å². The number of thiophene rings is 1. The molecule has 3 nitrogen and oxygen atoms in total. The van der Waals surface area contributed by atoms with Crippen LogP contribution in [0, 0.1) is 11.8 Å². The second kappa shape index (κ2) is 3.47. The lowest BCUT2D eigenvalue weighted by Crippen LogP contribution is -2.32. The lowest BCUT2D eigenvalue weighted by molar-refractivity contribution is 0.0950. The van der Waals surface area contributed by atoms with Gasteiger partial charge in [-0.2, -0.15) is 0 Å². The minimum absolute atomic E-state index is 0.0197. The SMILES string of the molecule is O=C(NC1C2CNCC21)c1ccc(Cl)s1. The standard InChI is InChI=1S/C10H11ClN2OS/c11-8-2-1-7(15-8)10(14)13-9-5-3-12-4-6(5)9/h1-2,5-6,9,12H,3-4H2,(H,13,14). The van der Waals surface area contributed by atoms with Crippen molar-refractivity contribution in [2.45, 2.75) is 6.04 Å². The summed E-state index contributed by atoms with van der Waals surface area (Å²) in [7, 11) is 0. The molecule has 1 saturated heterocycles. The van der Waals surface area contributed by atoms with Crippen molar-refractivity contribution in [1.29, 1.82) is 0 Å². The third-order valence-corrected chi connectivity index (χ3v) is 4.42. The Morgan fingerprint density at radius 3 is 2.80 bits per heavy atom. The monoisotopic (exact) mass is 242 g/mol. The largest absolute Gasteiger partial charge is 0.348 e. The number of rotatable bonds is 2. The molecule has 1 aliphatic heterocycles. The summed E-state index contributed by atoms with van der Waals surface area (Å²) in [6.07, 6.45) is 0. The van der Waals surface area contributed by atoms with Gasteiger partial charge in [-0.25, -0.2) is 0 Å². The zero-order valence-corrected chi connectivity index (χ0v) is 9.57. The number of fused-ring (bicyclic) bond motifs is 1. The summed E-state index contributed by atoms with van der Waals surface area (Å²) in [5.74, 6) is 1.33. The fourth-order valence-corrected chi connectivity index (χ4v) is 3.24. The van der Waals surface area contributed by atoms with Crippen LogP contribution in [0.2, 0.25) is 4.34 Å². The third-order valence-electron chi connectivity index (χ3n) is 3.19. The van der Waals surface area contributed by atoms with Crippen LogP contribution in [0.1, 0.15) is 9.67 Å². The van der Waals surface area contributed by atoms with Crippen molar-refractivity contribution in [3.05, 3.63) is 21.3 Å². The van der Waals surface area contributed by atoms with E-state index in [1.807, 2.05) is 0 Å². The highest BCUT2D eigenvalue weighted by Crippen LogP contribution is 2.41. The zero-order valence-electron chi connectivity index (χ0n) is 8.00. The van der Waals surface area contributed by atoms with Crippen molar-refractivity contribution in [2.24, 2.45) is 11.8 Å². The molecule has 2 heterocycles. The summed E-state index contributed by atoms with van der Waals surface area (Å²) < 4.78 is 0.665. The van der Waals surface area contributed by atoms with E-state index < -0.39 is 0 Å². The second-order valence-corrected chi connectivity index (χ2v) is 5.80. The fourth-order valence-electron chi connectivity index (χ4n) is 2.29. The molecule has 0 aromatic carbocycles. The van der Waals surface area contributed by atoms with E-state index in [9.17, 15) is 4.79 Å².